The lowest BCUT2D eigenvalue weighted by atomic mass is 10.3. The van der Waals surface area contributed by atoms with Crippen LogP contribution in [0, 0.1) is 0 Å². The Kier molecular flexibility index (Phi) is 4.32. The fourth-order valence-corrected chi connectivity index (χ4v) is 1.64. The SMILES string of the molecule is CCOc1cccc(SCC([NH])=O)c1. The number of nitrogens with one attached hydrogen (secondary N) is 1. The third-order valence-corrected chi connectivity index (χ3v) is 2.48. The Morgan fingerprint density at radius 3 is 3.00 bits per heavy atom. The van der Waals surface area contributed by atoms with Gasteiger partial charge in [0.2, 0.25) is 5.91 Å². The van der Waals surface area contributed by atoms with Gasteiger partial charge in [0.1, 0.15) is 5.75 Å². The fraction of sp³-hybridized carbons (Fsp3) is 0.300. The molecule has 0 saturated heterocycles. The molecule has 0 bridgehead atoms. The highest BCUT2D eigenvalue weighted by atomic mass is 32.2. The van der Waals surface area contributed by atoms with Gasteiger partial charge < -0.3 is 4.74 Å². The Hall–Kier alpha value is -1.16. The van der Waals surface area contributed by atoms with Crippen molar-refractivity contribution in [3.8, 4) is 5.75 Å². The molecule has 0 atom stereocenters. The summed E-state index contributed by atoms with van der Waals surface area (Å²) >= 11 is 1.35. The Labute approximate surface area is 87.6 Å². The zero-order valence-corrected chi connectivity index (χ0v) is 8.76. The summed E-state index contributed by atoms with van der Waals surface area (Å²) < 4.78 is 5.31. The summed E-state index contributed by atoms with van der Waals surface area (Å²) in [5.74, 6) is 0.432. The lowest BCUT2D eigenvalue weighted by Crippen LogP contribution is -2.00. The molecule has 0 fully saturated rings. The number of benzene rings is 1. The highest BCUT2D eigenvalue weighted by Gasteiger charge is 1.99. The molecule has 1 radical (unpaired) electrons. The molecule has 1 aromatic rings. The lowest BCUT2D eigenvalue weighted by Gasteiger charge is -2.04. The molecule has 0 saturated carbocycles. The molecule has 4 heteroatoms. The van der Waals surface area contributed by atoms with Crippen molar-refractivity contribution in [2.75, 3.05) is 12.4 Å². The summed E-state index contributed by atoms with van der Waals surface area (Å²) in [6, 6.07) is 7.52. The number of carbonyl (C=O) groups is 1. The van der Waals surface area contributed by atoms with E-state index < -0.39 is 5.91 Å². The van der Waals surface area contributed by atoms with E-state index in [4.69, 9.17) is 10.5 Å². The second-order valence-electron chi connectivity index (χ2n) is 2.62. The van der Waals surface area contributed by atoms with Gasteiger partial charge in [-0.3, -0.25) is 10.5 Å². The van der Waals surface area contributed by atoms with Crippen molar-refractivity contribution in [1.29, 1.82) is 0 Å². The van der Waals surface area contributed by atoms with Gasteiger partial charge in [0.05, 0.1) is 12.4 Å². The molecule has 0 aliphatic rings. The van der Waals surface area contributed by atoms with E-state index in [1.807, 2.05) is 31.2 Å². The Balaban J connectivity index is 2.58. The van der Waals surface area contributed by atoms with Crippen molar-refractivity contribution >= 4 is 17.7 Å². The summed E-state index contributed by atoms with van der Waals surface area (Å²) in [6.45, 7) is 2.55. The Morgan fingerprint density at radius 1 is 1.57 bits per heavy atom. The van der Waals surface area contributed by atoms with Crippen LogP contribution >= 0.6 is 11.8 Å². The van der Waals surface area contributed by atoms with Crippen LogP contribution in [0.4, 0.5) is 0 Å². The van der Waals surface area contributed by atoms with Crippen LogP contribution in [0.3, 0.4) is 0 Å². The maximum Gasteiger partial charge on any atom is 0.248 e. The Morgan fingerprint density at radius 2 is 2.36 bits per heavy atom. The highest BCUT2D eigenvalue weighted by Crippen LogP contribution is 2.22. The molecular formula is C10H12NO2S. The number of hydrogen-bond donors (Lipinski definition) is 0. The number of thioether (sulfide) groups is 1. The predicted octanol–water partition coefficient (Wildman–Crippen LogP) is 1.99. The molecule has 0 unspecified atom stereocenters. The first-order valence-electron chi connectivity index (χ1n) is 4.32. The van der Waals surface area contributed by atoms with E-state index in [0.717, 1.165) is 10.6 Å². The number of amides is 1. The van der Waals surface area contributed by atoms with Gasteiger partial charge in [-0.25, -0.2) is 0 Å². The molecule has 1 N–H and O–H groups in total. The van der Waals surface area contributed by atoms with Crippen LogP contribution in [0.2, 0.25) is 0 Å². The smallest absolute Gasteiger partial charge is 0.248 e. The molecule has 1 aromatic carbocycles. The van der Waals surface area contributed by atoms with Crippen LogP contribution in [0.5, 0.6) is 5.75 Å². The summed E-state index contributed by atoms with van der Waals surface area (Å²) in [7, 11) is 0. The van der Waals surface area contributed by atoms with Crippen molar-refractivity contribution in [2.45, 2.75) is 11.8 Å². The predicted molar refractivity (Wildman–Crippen MR) is 56.4 cm³/mol. The molecule has 1 rings (SSSR count). The van der Waals surface area contributed by atoms with Crippen molar-refractivity contribution in [3.05, 3.63) is 24.3 Å². The van der Waals surface area contributed by atoms with Gasteiger partial charge in [-0.05, 0) is 25.1 Å². The topological polar surface area (TPSA) is 50.1 Å². The molecule has 14 heavy (non-hydrogen) atoms. The van der Waals surface area contributed by atoms with Gasteiger partial charge in [0.15, 0.2) is 0 Å². The van der Waals surface area contributed by atoms with E-state index in [0.29, 0.717) is 6.61 Å². The fourth-order valence-electron chi connectivity index (χ4n) is 0.969. The van der Waals surface area contributed by atoms with Crippen LogP contribution in [-0.4, -0.2) is 18.3 Å². The molecule has 0 aromatic heterocycles. The van der Waals surface area contributed by atoms with Crippen molar-refractivity contribution in [3.63, 3.8) is 0 Å². The zero-order valence-electron chi connectivity index (χ0n) is 7.95. The minimum atomic E-state index is -0.559. The summed E-state index contributed by atoms with van der Waals surface area (Å²) in [4.78, 5) is 11.4. The largest absolute Gasteiger partial charge is 0.494 e. The Bertz CT molecular complexity index is 315. The average Bonchev–Trinajstić information content (AvgIpc) is 2.16. The number of carbonyl (C=O) groups excluding carboxylic acids is 1. The summed E-state index contributed by atoms with van der Waals surface area (Å²) in [6.07, 6.45) is 0. The van der Waals surface area contributed by atoms with E-state index in [1.165, 1.54) is 11.8 Å². The first-order chi connectivity index (χ1) is 6.72. The van der Waals surface area contributed by atoms with Crippen molar-refractivity contribution in [1.82, 2.24) is 5.73 Å². The van der Waals surface area contributed by atoms with Gasteiger partial charge in [0.25, 0.3) is 0 Å². The van der Waals surface area contributed by atoms with Crippen molar-refractivity contribution in [2.24, 2.45) is 0 Å². The van der Waals surface area contributed by atoms with Crippen LogP contribution in [0.15, 0.2) is 29.2 Å². The highest BCUT2D eigenvalue weighted by molar-refractivity contribution is 8.00. The monoisotopic (exact) mass is 210 g/mol. The van der Waals surface area contributed by atoms with Gasteiger partial charge >= 0.3 is 0 Å². The third kappa shape index (κ3) is 3.70. The standard InChI is InChI=1S/C10H12NO2S/c1-2-13-8-4-3-5-9(6-8)14-7-10(11)12/h3-6,11H,2,7H2,1H3. The molecule has 0 heterocycles. The molecule has 0 aliphatic carbocycles. The molecule has 1 amide bonds. The minimum Gasteiger partial charge on any atom is -0.494 e. The summed E-state index contributed by atoms with van der Waals surface area (Å²) in [5, 5.41) is 0. The minimum absolute atomic E-state index is 0.190. The van der Waals surface area contributed by atoms with Crippen molar-refractivity contribution < 1.29 is 9.53 Å². The number of ether oxygens (including phenoxy) is 1. The number of rotatable bonds is 5. The van der Waals surface area contributed by atoms with E-state index in [1.54, 1.807) is 0 Å². The molecule has 0 spiro atoms. The van der Waals surface area contributed by atoms with Gasteiger partial charge in [-0.1, -0.05) is 6.07 Å². The van der Waals surface area contributed by atoms with Crippen LogP contribution in [0.25, 0.3) is 0 Å². The van der Waals surface area contributed by atoms with Gasteiger partial charge in [-0.15, -0.1) is 11.8 Å². The van der Waals surface area contributed by atoms with Crippen LogP contribution < -0.4 is 10.5 Å². The van der Waals surface area contributed by atoms with Gasteiger partial charge in [0, 0.05) is 4.90 Å². The normalized spacial score (nSPS) is 9.79. The van der Waals surface area contributed by atoms with E-state index in [2.05, 4.69) is 0 Å². The second kappa shape index (κ2) is 5.54. The van der Waals surface area contributed by atoms with Crippen LogP contribution in [0.1, 0.15) is 6.92 Å². The zero-order chi connectivity index (χ0) is 10.4. The lowest BCUT2D eigenvalue weighted by molar-refractivity contribution is -0.116. The quantitative estimate of drug-likeness (QED) is 0.698. The summed E-state index contributed by atoms with van der Waals surface area (Å²) in [5.41, 5.74) is 6.77. The molecule has 0 aliphatic heterocycles. The molecular weight excluding hydrogens is 198 g/mol. The third-order valence-electron chi connectivity index (χ3n) is 1.49. The number of hydrogen-bond acceptors (Lipinski definition) is 3. The second-order valence-corrected chi connectivity index (χ2v) is 3.67. The molecule has 3 nitrogen and oxygen atoms in total. The average molecular weight is 210 g/mol. The maximum absolute atomic E-state index is 10.4. The first-order valence-corrected chi connectivity index (χ1v) is 5.31. The van der Waals surface area contributed by atoms with E-state index in [9.17, 15) is 4.79 Å². The van der Waals surface area contributed by atoms with E-state index in [-0.39, 0.29) is 5.75 Å². The maximum atomic E-state index is 10.4. The van der Waals surface area contributed by atoms with E-state index >= 15 is 0 Å². The van der Waals surface area contributed by atoms with Gasteiger partial charge in [-0.2, -0.15) is 0 Å². The molecule has 75 valence electrons. The first kappa shape index (κ1) is 10.9. The van der Waals surface area contributed by atoms with Crippen LogP contribution in [-0.2, 0) is 4.79 Å².